The van der Waals surface area contributed by atoms with Crippen molar-refractivity contribution >= 4 is 11.8 Å². The van der Waals surface area contributed by atoms with E-state index in [0.29, 0.717) is 23.9 Å². The van der Waals surface area contributed by atoms with E-state index in [1.54, 1.807) is 12.4 Å². The first kappa shape index (κ1) is 21.5. The van der Waals surface area contributed by atoms with Crippen molar-refractivity contribution in [3.63, 3.8) is 0 Å². The van der Waals surface area contributed by atoms with Crippen LogP contribution in [0.3, 0.4) is 0 Å². The average Bonchev–Trinajstić information content (AvgIpc) is 3.34. The summed E-state index contributed by atoms with van der Waals surface area (Å²) in [4.78, 5) is 37.1. The van der Waals surface area contributed by atoms with Gasteiger partial charge in [-0.1, -0.05) is 24.3 Å². The number of hydrogen-bond donors (Lipinski definition) is 0. The first-order chi connectivity index (χ1) is 15.1. The zero-order valence-electron chi connectivity index (χ0n) is 18.4. The van der Waals surface area contributed by atoms with Crippen molar-refractivity contribution in [2.45, 2.75) is 51.9 Å². The quantitative estimate of drug-likeness (QED) is 0.718. The summed E-state index contributed by atoms with van der Waals surface area (Å²) in [5, 5.41) is 0. The molecule has 2 aliphatic rings. The average molecular weight is 421 g/mol. The van der Waals surface area contributed by atoms with Crippen LogP contribution >= 0.6 is 0 Å². The van der Waals surface area contributed by atoms with Crippen LogP contribution in [0.5, 0.6) is 0 Å². The van der Waals surface area contributed by atoms with Crippen LogP contribution in [-0.4, -0.2) is 57.8 Å². The number of aromatic nitrogens is 2. The first-order valence-corrected chi connectivity index (χ1v) is 11.5. The topological polar surface area (TPSA) is 66.4 Å². The van der Waals surface area contributed by atoms with E-state index >= 15 is 0 Å². The second kappa shape index (κ2) is 10.0. The number of nitrogens with zero attached hydrogens (tertiary/aromatic N) is 4. The minimum absolute atomic E-state index is 0.0150. The maximum Gasteiger partial charge on any atom is 0.274 e. The molecule has 2 saturated heterocycles. The maximum atomic E-state index is 12.6. The Morgan fingerprint density at radius 1 is 0.903 bits per heavy atom. The van der Waals surface area contributed by atoms with Gasteiger partial charge >= 0.3 is 0 Å². The van der Waals surface area contributed by atoms with Crippen molar-refractivity contribution in [1.82, 2.24) is 19.8 Å². The van der Waals surface area contributed by atoms with Gasteiger partial charge < -0.3 is 9.80 Å². The third kappa shape index (κ3) is 5.69. The van der Waals surface area contributed by atoms with Gasteiger partial charge in [-0.3, -0.25) is 14.6 Å². The summed E-state index contributed by atoms with van der Waals surface area (Å²) in [6, 6.07) is 8.74. The Balaban J connectivity index is 1.21. The van der Waals surface area contributed by atoms with Gasteiger partial charge in [-0.15, -0.1) is 0 Å². The number of piperidine rings is 1. The molecule has 0 N–H and O–H groups in total. The molecule has 6 heteroatoms. The third-order valence-corrected chi connectivity index (χ3v) is 6.54. The van der Waals surface area contributed by atoms with Crippen LogP contribution in [-0.2, 0) is 17.6 Å². The van der Waals surface area contributed by atoms with Crippen LogP contribution in [0.4, 0.5) is 0 Å². The Hall–Kier alpha value is -2.76. The molecule has 2 aliphatic heterocycles. The summed E-state index contributed by atoms with van der Waals surface area (Å²) < 4.78 is 0. The summed E-state index contributed by atoms with van der Waals surface area (Å²) in [5.41, 5.74) is 3.82. The highest BCUT2D eigenvalue weighted by atomic mass is 16.2. The molecular weight excluding hydrogens is 388 g/mol. The van der Waals surface area contributed by atoms with Crippen LogP contribution in [0, 0.1) is 12.8 Å². The number of likely N-dealkylation sites (tertiary alicyclic amines) is 2. The molecule has 0 radical (unpaired) electrons. The second-order valence-electron chi connectivity index (χ2n) is 8.89. The molecule has 1 aromatic heterocycles. The number of amides is 2. The molecule has 2 fully saturated rings. The molecule has 1 aromatic carbocycles. The lowest BCUT2D eigenvalue weighted by Gasteiger charge is -2.31. The molecule has 0 bridgehead atoms. The summed E-state index contributed by atoms with van der Waals surface area (Å²) in [6.45, 7) is 5.28. The first-order valence-electron chi connectivity index (χ1n) is 11.5. The van der Waals surface area contributed by atoms with Crippen LogP contribution in [0.1, 0.15) is 59.4 Å². The molecule has 0 spiro atoms. The lowest BCUT2D eigenvalue weighted by atomic mass is 9.89. The van der Waals surface area contributed by atoms with Gasteiger partial charge in [0.05, 0.1) is 11.9 Å². The normalized spacial score (nSPS) is 17.2. The lowest BCUT2D eigenvalue weighted by Crippen LogP contribution is -2.39. The summed E-state index contributed by atoms with van der Waals surface area (Å²) in [5.74, 6) is 0.869. The van der Waals surface area contributed by atoms with E-state index in [1.165, 1.54) is 11.1 Å². The molecule has 3 heterocycles. The van der Waals surface area contributed by atoms with Crippen molar-refractivity contribution in [2.24, 2.45) is 5.92 Å². The van der Waals surface area contributed by atoms with Crippen molar-refractivity contribution in [2.75, 3.05) is 26.2 Å². The van der Waals surface area contributed by atoms with Gasteiger partial charge in [0.2, 0.25) is 5.91 Å². The van der Waals surface area contributed by atoms with E-state index in [-0.39, 0.29) is 5.91 Å². The molecule has 2 aromatic rings. The second-order valence-corrected chi connectivity index (χ2v) is 8.89. The molecule has 6 nitrogen and oxygen atoms in total. The minimum atomic E-state index is -0.0150. The monoisotopic (exact) mass is 420 g/mol. The lowest BCUT2D eigenvalue weighted by molar-refractivity contribution is -0.130. The number of rotatable bonds is 6. The Bertz CT molecular complexity index is 881. The molecule has 164 valence electrons. The summed E-state index contributed by atoms with van der Waals surface area (Å²) >= 11 is 0. The fourth-order valence-electron chi connectivity index (χ4n) is 4.56. The van der Waals surface area contributed by atoms with E-state index in [9.17, 15) is 9.59 Å². The smallest absolute Gasteiger partial charge is 0.274 e. The van der Waals surface area contributed by atoms with Gasteiger partial charge in [-0.25, -0.2) is 4.98 Å². The highest BCUT2D eigenvalue weighted by molar-refractivity contribution is 5.92. The number of carbonyl (C=O) groups excluding carboxylic acids is 2. The Morgan fingerprint density at radius 3 is 2.23 bits per heavy atom. The predicted octanol–water partition coefficient (Wildman–Crippen LogP) is 3.43. The summed E-state index contributed by atoms with van der Waals surface area (Å²) in [7, 11) is 0. The SMILES string of the molecule is Cc1cnc(C(=O)N2CCC(Cc3ccc(CCC(=O)N4CCCC4)cc3)CC2)cn1. The summed E-state index contributed by atoms with van der Waals surface area (Å²) in [6.07, 6.45) is 10.00. The van der Waals surface area contributed by atoms with Crippen molar-refractivity contribution in [3.05, 3.63) is 59.2 Å². The van der Waals surface area contributed by atoms with Crippen LogP contribution in [0.25, 0.3) is 0 Å². The van der Waals surface area contributed by atoms with Crippen molar-refractivity contribution in [1.29, 1.82) is 0 Å². The highest BCUT2D eigenvalue weighted by Gasteiger charge is 2.24. The Morgan fingerprint density at radius 2 is 1.58 bits per heavy atom. The van der Waals surface area contributed by atoms with Crippen LogP contribution in [0.2, 0.25) is 0 Å². The van der Waals surface area contributed by atoms with Crippen LogP contribution < -0.4 is 0 Å². The van der Waals surface area contributed by atoms with Gasteiger partial charge in [0, 0.05) is 38.8 Å². The maximum absolute atomic E-state index is 12.6. The third-order valence-electron chi connectivity index (χ3n) is 6.54. The van der Waals surface area contributed by atoms with Gasteiger partial charge in [0.1, 0.15) is 5.69 Å². The molecule has 4 rings (SSSR count). The van der Waals surface area contributed by atoms with Gasteiger partial charge in [-0.05, 0) is 62.5 Å². The number of benzene rings is 1. The highest BCUT2D eigenvalue weighted by Crippen LogP contribution is 2.23. The standard InChI is InChI=1S/C25H32N4O2/c1-19-17-27-23(18-26-19)25(31)29-14-10-22(11-15-29)16-21-6-4-20(5-7-21)8-9-24(30)28-12-2-3-13-28/h4-7,17-18,22H,2-3,8-16H2,1H3. The fraction of sp³-hybridized carbons (Fsp3) is 0.520. The van der Waals surface area contributed by atoms with Crippen molar-refractivity contribution in [3.8, 4) is 0 Å². The Kier molecular flexibility index (Phi) is 6.95. The van der Waals surface area contributed by atoms with Gasteiger partial charge in [-0.2, -0.15) is 0 Å². The number of carbonyl (C=O) groups is 2. The molecule has 0 saturated carbocycles. The fourth-order valence-corrected chi connectivity index (χ4v) is 4.56. The van der Waals surface area contributed by atoms with E-state index in [0.717, 1.165) is 70.4 Å². The van der Waals surface area contributed by atoms with Crippen LogP contribution in [0.15, 0.2) is 36.7 Å². The molecule has 31 heavy (non-hydrogen) atoms. The molecular formula is C25H32N4O2. The molecule has 0 unspecified atom stereocenters. The van der Waals surface area contributed by atoms with E-state index in [4.69, 9.17) is 0 Å². The van der Waals surface area contributed by atoms with E-state index in [2.05, 4.69) is 34.2 Å². The van der Waals surface area contributed by atoms with Gasteiger partial charge in [0.25, 0.3) is 5.91 Å². The largest absolute Gasteiger partial charge is 0.343 e. The number of hydrogen-bond acceptors (Lipinski definition) is 4. The van der Waals surface area contributed by atoms with Crippen molar-refractivity contribution < 1.29 is 9.59 Å². The zero-order valence-corrected chi connectivity index (χ0v) is 18.4. The van der Waals surface area contributed by atoms with E-state index in [1.807, 2.05) is 16.7 Å². The molecule has 0 atom stereocenters. The Labute approximate surface area is 184 Å². The number of aryl methyl sites for hydroxylation is 2. The molecule has 0 aliphatic carbocycles. The predicted molar refractivity (Wildman–Crippen MR) is 120 cm³/mol. The minimum Gasteiger partial charge on any atom is -0.343 e. The molecule has 2 amide bonds. The zero-order chi connectivity index (χ0) is 21.6. The van der Waals surface area contributed by atoms with Gasteiger partial charge in [0.15, 0.2) is 0 Å². The van der Waals surface area contributed by atoms with E-state index < -0.39 is 0 Å².